The standard InChI is InChI=1S/C17H20N6O3/c1-4-21-14-8-6-5-7-13(14)19-15(21)9-18-16(24)10-22-12(3)17(23(25)26)11(2)20-22/h5-8H,4,9-10H2,1-3H3,(H,18,24). The highest BCUT2D eigenvalue weighted by molar-refractivity contribution is 5.77. The molecule has 0 saturated heterocycles. The van der Waals surface area contributed by atoms with Crippen molar-refractivity contribution in [3.8, 4) is 0 Å². The molecule has 0 aliphatic carbocycles. The summed E-state index contributed by atoms with van der Waals surface area (Å²) >= 11 is 0. The number of aromatic nitrogens is 4. The number of carbonyl (C=O) groups excluding carboxylic acids is 1. The molecule has 0 atom stereocenters. The predicted molar refractivity (Wildman–Crippen MR) is 95.6 cm³/mol. The number of rotatable bonds is 6. The van der Waals surface area contributed by atoms with Crippen molar-refractivity contribution in [2.45, 2.75) is 40.4 Å². The second kappa shape index (κ2) is 6.95. The molecule has 0 saturated carbocycles. The number of benzene rings is 1. The van der Waals surface area contributed by atoms with Gasteiger partial charge in [0.25, 0.3) is 0 Å². The molecule has 0 aliphatic rings. The normalized spacial score (nSPS) is 11.0. The third kappa shape index (κ3) is 3.15. The number of aryl methyl sites for hydroxylation is 2. The molecule has 0 spiro atoms. The van der Waals surface area contributed by atoms with Gasteiger partial charge in [-0.25, -0.2) is 4.98 Å². The van der Waals surface area contributed by atoms with Crippen LogP contribution in [0.15, 0.2) is 24.3 Å². The topological polar surface area (TPSA) is 108 Å². The van der Waals surface area contributed by atoms with E-state index in [1.54, 1.807) is 13.8 Å². The van der Waals surface area contributed by atoms with Crippen LogP contribution in [0, 0.1) is 24.0 Å². The quantitative estimate of drug-likeness (QED) is 0.537. The number of nitrogens with zero attached hydrogens (tertiary/aromatic N) is 5. The molecule has 2 aromatic heterocycles. The van der Waals surface area contributed by atoms with Gasteiger partial charge in [0.05, 0.1) is 22.5 Å². The highest BCUT2D eigenvalue weighted by Gasteiger charge is 2.22. The van der Waals surface area contributed by atoms with Gasteiger partial charge in [-0.1, -0.05) is 12.1 Å². The molecule has 9 heteroatoms. The van der Waals surface area contributed by atoms with Crippen LogP contribution in [0.2, 0.25) is 0 Å². The van der Waals surface area contributed by atoms with E-state index in [1.165, 1.54) is 4.68 Å². The minimum atomic E-state index is -0.477. The van der Waals surface area contributed by atoms with Gasteiger partial charge in [-0.3, -0.25) is 19.6 Å². The Labute approximate surface area is 149 Å². The molecule has 3 aromatic rings. The number of fused-ring (bicyclic) bond motifs is 1. The summed E-state index contributed by atoms with van der Waals surface area (Å²) in [5.41, 5.74) is 2.52. The molecule has 0 fully saturated rings. The maximum atomic E-state index is 12.3. The van der Waals surface area contributed by atoms with E-state index in [-0.39, 0.29) is 24.7 Å². The summed E-state index contributed by atoms with van der Waals surface area (Å²) in [5.74, 6) is 0.488. The number of hydrogen-bond acceptors (Lipinski definition) is 5. The van der Waals surface area contributed by atoms with Crippen molar-refractivity contribution < 1.29 is 9.72 Å². The van der Waals surface area contributed by atoms with Gasteiger partial charge in [0.15, 0.2) is 0 Å². The lowest BCUT2D eigenvalue weighted by molar-refractivity contribution is -0.386. The van der Waals surface area contributed by atoms with E-state index in [0.29, 0.717) is 11.4 Å². The van der Waals surface area contributed by atoms with Crippen molar-refractivity contribution >= 4 is 22.6 Å². The first-order chi connectivity index (χ1) is 12.4. The first-order valence-electron chi connectivity index (χ1n) is 8.31. The Bertz CT molecular complexity index is 988. The summed E-state index contributed by atoms with van der Waals surface area (Å²) in [4.78, 5) is 27.4. The second-order valence-corrected chi connectivity index (χ2v) is 5.97. The van der Waals surface area contributed by atoms with Crippen LogP contribution in [0.25, 0.3) is 11.0 Å². The van der Waals surface area contributed by atoms with Gasteiger partial charge < -0.3 is 9.88 Å². The maximum absolute atomic E-state index is 12.3. The van der Waals surface area contributed by atoms with Crippen molar-refractivity contribution in [1.82, 2.24) is 24.6 Å². The molecule has 1 amide bonds. The SMILES string of the molecule is CCn1c(CNC(=O)Cn2nc(C)c([N+](=O)[O-])c2C)nc2ccccc21. The van der Waals surface area contributed by atoms with Crippen molar-refractivity contribution in [3.05, 3.63) is 51.6 Å². The Morgan fingerprint density at radius 2 is 2.04 bits per heavy atom. The molecule has 0 aliphatic heterocycles. The average Bonchev–Trinajstić information content (AvgIpc) is 3.09. The number of nitro groups is 1. The van der Waals surface area contributed by atoms with Crippen molar-refractivity contribution in [2.75, 3.05) is 0 Å². The molecule has 0 radical (unpaired) electrons. The van der Waals surface area contributed by atoms with E-state index in [0.717, 1.165) is 23.4 Å². The zero-order valence-electron chi connectivity index (χ0n) is 14.9. The fourth-order valence-electron chi connectivity index (χ4n) is 3.09. The second-order valence-electron chi connectivity index (χ2n) is 5.97. The fourth-order valence-corrected chi connectivity index (χ4v) is 3.09. The van der Waals surface area contributed by atoms with Gasteiger partial charge in [-0.2, -0.15) is 5.10 Å². The molecule has 1 N–H and O–H groups in total. The molecule has 3 rings (SSSR count). The Morgan fingerprint density at radius 1 is 1.31 bits per heavy atom. The average molecular weight is 356 g/mol. The lowest BCUT2D eigenvalue weighted by atomic mass is 10.3. The number of nitrogens with one attached hydrogen (secondary N) is 1. The maximum Gasteiger partial charge on any atom is 0.312 e. The monoisotopic (exact) mass is 356 g/mol. The molecule has 26 heavy (non-hydrogen) atoms. The van der Waals surface area contributed by atoms with E-state index in [9.17, 15) is 14.9 Å². The minimum Gasteiger partial charge on any atom is -0.347 e. The number of amides is 1. The van der Waals surface area contributed by atoms with E-state index >= 15 is 0 Å². The number of hydrogen-bond donors (Lipinski definition) is 1. The number of para-hydroxylation sites is 2. The fraction of sp³-hybridized carbons (Fsp3) is 0.353. The summed E-state index contributed by atoms with van der Waals surface area (Å²) in [5, 5.41) is 18.0. The van der Waals surface area contributed by atoms with Crippen LogP contribution in [-0.4, -0.2) is 30.2 Å². The molecule has 9 nitrogen and oxygen atoms in total. The van der Waals surface area contributed by atoms with Crippen LogP contribution < -0.4 is 5.32 Å². The number of imidazole rings is 1. The molecule has 0 unspecified atom stereocenters. The van der Waals surface area contributed by atoms with Gasteiger partial charge >= 0.3 is 5.69 Å². The van der Waals surface area contributed by atoms with Crippen molar-refractivity contribution in [3.63, 3.8) is 0 Å². The van der Waals surface area contributed by atoms with Crippen molar-refractivity contribution in [2.24, 2.45) is 0 Å². The van der Waals surface area contributed by atoms with Gasteiger partial charge in [0.1, 0.15) is 23.8 Å². The van der Waals surface area contributed by atoms with Gasteiger partial charge in [-0.05, 0) is 32.9 Å². The van der Waals surface area contributed by atoms with Gasteiger partial charge in [0.2, 0.25) is 5.91 Å². The van der Waals surface area contributed by atoms with Gasteiger partial charge in [-0.15, -0.1) is 0 Å². The van der Waals surface area contributed by atoms with Crippen LogP contribution in [0.3, 0.4) is 0 Å². The zero-order valence-corrected chi connectivity index (χ0v) is 14.9. The van der Waals surface area contributed by atoms with E-state index in [2.05, 4.69) is 15.4 Å². The molecular formula is C17H20N6O3. The van der Waals surface area contributed by atoms with Crippen LogP contribution in [0.1, 0.15) is 24.1 Å². The Balaban J connectivity index is 1.72. The molecule has 2 heterocycles. The zero-order chi connectivity index (χ0) is 18.8. The van der Waals surface area contributed by atoms with Crippen LogP contribution in [-0.2, 0) is 24.4 Å². The Morgan fingerprint density at radius 3 is 2.69 bits per heavy atom. The Kier molecular flexibility index (Phi) is 4.70. The number of carbonyl (C=O) groups is 1. The van der Waals surface area contributed by atoms with Gasteiger partial charge in [0, 0.05) is 6.54 Å². The van der Waals surface area contributed by atoms with Crippen LogP contribution in [0.4, 0.5) is 5.69 Å². The highest BCUT2D eigenvalue weighted by atomic mass is 16.6. The molecular weight excluding hydrogens is 336 g/mol. The predicted octanol–water partition coefficient (Wildman–Crippen LogP) is 2.09. The molecule has 1 aromatic carbocycles. The summed E-state index contributed by atoms with van der Waals surface area (Å²) in [7, 11) is 0. The largest absolute Gasteiger partial charge is 0.347 e. The summed E-state index contributed by atoms with van der Waals surface area (Å²) in [6, 6.07) is 7.80. The smallest absolute Gasteiger partial charge is 0.312 e. The molecule has 0 bridgehead atoms. The third-order valence-corrected chi connectivity index (χ3v) is 4.31. The van der Waals surface area contributed by atoms with Crippen LogP contribution in [0.5, 0.6) is 0 Å². The van der Waals surface area contributed by atoms with Crippen LogP contribution >= 0.6 is 0 Å². The molecule has 136 valence electrons. The third-order valence-electron chi connectivity index (χ3n) is 4.31. The summed E-state index contributed by atoms with van der Waals surface area (Å²) < 4.78 is 3.40. The van der Waals surface area contributed by atoms with E-state index < -0.39 is 4.92 Å². The highest BCUT2D eigenvalue weighted by Crippen LogP contribution is 2.21. The van der Waals surface area contributed by atoms with Crippen molar-refractivity contribution in [1.29, 1.82) is 0 Å². The first-order valence-corrected chi connectivity index (χ1v) is 8.31. The lowest BCUT2D eigenvalue weighted by Crippen LogP contribution is -2.29. The first kappa shape index (κ1) is 17.6. The summed E-state index contributed by atoms with van der Waals surface area (Å²) in [6.45, 7) is 6.12. The Hall–Kier alpha value is -3.23. The van der Waals surface area contributed by atoms with E-state index in [4.69, 9.17) is 0 Å². The lowest BCUT2D eigenvalue weighted by Gasteiger charge is -2.08. The minimum absolute atomic E-state index is 0.0504. The summed E-state index contributed by atoms with van der Waals surface area (Å²) in [6.07, 6.45) is 0. The van der Waals surface area contributed by atoms with E-state index in [1.807, 2.05) is 35.8 Å².